The van der Waals surface area contributed by atoms with Gasteiger partial charge in [0.2, 0.25) is 0 Å². The lowest BCUT2D eigenvalue weighted by Crippen LogP contribution is -2.41. The van der Waals surface area contributed by atoms with Crippen LogP contribution in [-0.4, -0.2) is 38.1 Å². The van der Waals surface area contributed by atoms with Crippen LogP contribution < -0.4 is 10.1 Å². The van der Waals surface area contributed by atoms with Gasteiger partial charge in [0.15, 0.2) is 17.4 Å². The zero-order valence-electron chi connectivity index (χ0n) is 19.4. The minimum absolute atomic E-state index is 0.0142. The van der Waals surface area contributed by atoms with Gasteiger partial charge in [-0.05, 0) is 56.4 Å². The van der Waals surface area contributed by atoms with E-state index in [9.17, 15) is 13.6 Å². The Balaban J connectivity index is 1.79. The van der Waals surface area contributed by atoms with Gasteiger partial charge in [0.05, 0.1) is 18.3 Å². The Kier molecular flexibility index (Phi) is 7.44. The van der Waals surface area contributed by atoms with Crippen LogP contribution in [0.3, 0.4) is 0 Å². The van der Waals surface area contributed by atoms with Crippen molar-refractivity contribution in [2.75, 3.05) is 13.7 Å². The number of nitrogens with one attached hydrogen (secondary N) is 1. The Morgan fingerprint density at radius 1 is 1.06 bits per heavy atom. The third kappa shape index (κ3) is 5.91. The lowest BCUT2D eigenvalue weighted by molar-refractivity contribution is 0.00578. The van der Waals surface area contributed by atoms with Crippen molar-refractivity contribution in [3.63, 3.8) is 0 Å². The predicted octanol–water partition coefficient (Wildman–Crippen LogP) is 4.91. The van der Waals surface area contributed by atoms with Crippen LogP contribution in [0.25, 0.3) is 6.08 Å². The van der Waals surface area contributed by atoms with E-state index in [1.54, 1.807) is 0 Å². The van der Waals surface area contributed by atoms with E-state index in [0.717, 1.165) is 17.7 Å². The minimum Gasteiger partial charge on any atom is -0.491 e. The molecule has 3 rings (SSSR count). The van der Waals surface area contributed by atoms with Gasteiger partial charge in [0.1, 0.15) is 6.61 Å². The molecule has 6 nitrogen and oxygen atoms in total. The van der Waals surface area contributed by atoms with Crippen LogP contribution in [0.2, 0.25) is 0 Å². The van der Waals surface area contributed by atoms with E-state index in [2.05, 4.69) is 5.32 Å². The van der Waals surface area contributed by atoms with E-state index in [0.29, 0.717) is 5.47 Å². The van der Waals surface area contributed by atoms with Crippen LogP contribution in [0.1, 0.15) is 38.8 Å². The molecule has 0 unspecified atom stereocenters. The van der Waals surface area contributed by atoms with Crippen LogP contribution in [0, 0.1) is 11.6 Å². The van der Waals surface area contributed by atoms with Crippen molar-refractivity contribution in [1.29, 1.82) is 0 Å². The van der Waals surface area contributed by atoms with Crippen LogP contribution in [0.4, 0.5) is 13.6 Å². The zero-order valence-corrected chi connectivity index (χ0v) is 19.4. The summed E-state index contributed by atoms with van der Waals surface area (Å²) in [7, 11) is 0.357. The fraction of sp³-hybridized carbons (Fsp3) is 0.375. The molecule has 1 amide bonds. The standard InChI is InChI=1S/C24H28BF2NO5/c1-23(2)24(3,4)33-25(32-23)18(11-17-12-19(26)21(30-5)20(27)13-17)14-28-22(29)31-15-16-9-7-6-8-10-16/h6-13H,14-15H2,1-5H3,(H,28,29). The molecular weight excluding hydrogens is 431 g/mol. The highest BCUT2D eigenvalue weighted by Crippen LogP contribution is 2.39. The third-order valence-electron chi connectivity index (χ3n) is 5.78. The van der Waals surface area contributed by atoms with Crippen molar-refractivity contribution in [3.05, 3.63) is 70.7 Å². The molecule has 0 aromatic heterocycles. The van der Waals surface area contributed by atoms with Gasteiger partial charge in [-0.25, -0.2) is 13.6 Å². The SMILES string of the molecule is COc1c(F)cc(C=C(CNC(=O)OCc2ccccc2)B2OC(C)(C)C(C)(C)O2)cc1F. The number of ether oxygens (including phenoxy) is 2. The molecule has 1 fully saturated rings. The molecule has 1 heterocycles. The Hall–Kier alpha value is -2.91. The number of carbonyl (C=O) groups is 1. The summed E-state index contributed by atoms with van der Waals surface area (Å²) in [5.41, 5.74) is 0.268. The maximum Gasteiger partial charge on any atom is 0.492 e. The number of amides is 1. The van der Waals surface area contributed by atoms with Gasteiger partial charge in [0.25, 0.3) is 0 Å². The normalized spacial score (nSPS) is 17.1. The third-order valence-corrected chi connectivity index (χ3v) is 5.78. The van der Waals surface area contributed by atoms with Crippen molar-refractivity contribution >= 4 is 19.3 Å². The molecule has 0 bridgehead atoms. The maximum absolute atomic E-state index is 14.2. The van der Waals surface area contributed by atoms with Crippen LogP contribution in [0.5, 0.6) is 5.75 Å². The second-order valence-corrected chi connectivity index (χ2v) is 8.74. The number of hydrogen-bond acceptors (Lipinski definition) is 5. The first kappa shape index (κ1) is 24.7. The van der Waals surface area contributed by atoms with E-state index in [4.69, 9.17) is 18.8 Å². The van der Waals surface area contributed by atoms with Crippen molar-refractivity contribution < 1.29 is 32.4 Å². The van der Waals surface area contributed by atoms with E-state index in [1.165, 1.54) is 13.2 Å². The van der Waals surface area contributed by atoms with Crippen LogP contribution in [0.15, 0.2) is 47.9 Å². The molecule has 2 aromatic rings. The predicted molar refractivity (Wildman–Crippen MR) is 122 cm³/mol. The molecule has 1 N–H and O–H groups in total. The lowest BCUT2D eigenvalue weighted by atomic mass is 9.77. The van der Waals surface area contributed by atoms with Gasteiger partial charge in [-0.3, -0.25) is 0 Å². The first-order valence-corrected chi connectivity index (χ1v) is 10.6. The van der Waals surface area contributed by atoms with E-state index >= 15 is 0 Å². The summed E-state index contributed by atoms with van der Waals surface area (Å²) in [5.74, 6) is -2.15. The average Bonchev–Trinajstić information content (AvgIpc) is 2.97. The van der Waals surface area contributed by atoms with Crippen LogP contribution in [-0.2, 0) is 20.7 Å². The molecule has 176 valence electrons. The topological polar surface area (TPSA) is 66.0 Å². The molecular formula is C24H28BF2NO5. The fourth-order valence-corrected chi connectivity index (χ4v) is 3.22. The van der Waals surface area contributed by atoms with Crippen molar-refractivity contribution in [1.82, 2.24) is 5.32 Å². The summed E-state index contributed by atoms with van der Waals surface area (Å²) in [6.45, 7) is 7.65. The van der Waals surface area contributed by atoms with Gasteiger partial charge in [-0.2, -0.15) is 0 Å². The van der Waals surface area contributed by atoms with Gasteiger partial charge >= 0.3 is 13.2 Å². The molecule has 0 spiro atoms. The first-order valence-electron chi connectivity index (χ1n) is 10.6. The summed E-state index contributed by atoms with van der Waals surface area (Å²) in [5, 5.41) is 2.65. The van der Waals surface area contributed by atoms with Crippen molar-refractivity contribution in [2.45, 2.75) is 45.5 Å². The number of carbonyl (C=O) groups excluding carboxylic acids is 1. The number of halogens is 2. The number of benzene rings is 2. The molecule has 1 aliphatic heterocycles. The molecule has 0 aliphatic carbocycles. The Morgan fingerprint density at radius 3 is 2.18 bits per heavy atom. The summed E-state index contributed by atoms with van der Waals surface area (Å²) in [4.78, 5) is 12.3. The molecule has 0 atom stereocenters. The number of methoxy groups -OCH3 is 1. The highest BCUT2D eigenvalue weighted by molar-refractivity contribution is 6.56. The van der Waals surface area contributed by atoms with Gasteiger partial charge in [0, 0.05) is 6.54 Å². The number of alkyl carbamates (subject to hydrolysis) is 1. The van der Waals surface area contributed by atoms with Crippen molar-refractivity contribution in [3.8, 4) is 5.75 Å². The highest BCUT2D eigenvalue weighted by atomic mass is 19.1. The largest absolute Gasteiger partial charge is 0.492 e. The van der Waals surface area contributed by atoms with Crippen LogP contribution >= 0.6 is 0 Å². The number of hydrogen-bond donors (Lipinski definition) is 1. The highest BCUT2D eigenvalue weighted by Gasteiger charge is 2.52. The smallest absolute Gasteiger partial charge is 0.491 e. The molecule has 1 aliphatic rings. The first-order chi connectivity index (χ1) is 15.5. The summed E-state index contributed by atoms with van der Waals surface area (Å²) in [6, 6.07) is 11.5. The summed E-state index contributed by atoms with van der Waals surface area (Å²) in [6.07, 6.45) is 0.874. The molecule has 1 saturated heterocycles. The van der Waals surface area contributed by atoms with Gasteiger partial charge in [-0.15, -0.1) is 0 Å². The Morgan fingerprint density at radius 2 is 1.64 bits per heavy atom. The van der Waals surface area contributed by atoms with E-state index in [-0.39, 0.29) is 18.7 Å². The van der Waals surface area contributed by atoms with Gasteiger partial charge in [-0.1, -0.05) is 36.4 Å². The molecule has 2 aromatic carbocycles. The quantitative estimate of drug-likeness (QED) is 0.596. The Labute approximate surface area is 193 Å². The van der Waals surface area contributed by atoms with E-state index in [1.807, 2.05) is 58.0 Å². The average molecular weight is 459 g/mol. The molecule has 33 heavy (non-hydrogen) atoms. The maximum atomic E-state index is 14.2. The van der Waals surface area contributed by atoms with Gasteiger partial charge < -0.3 is 24.1 Å². The molecule has 9 heteroatoms. The second-order valence-electron chi connectivity index (χ2n) is 8.74. The number of rotatable bonds is 7. The second kappa shape index (κ2) is 9.93. The minimum atomic E-state index is -0.841. The zero-order chi connectivity index (χ0) is 24.2. The lowest BCUT2D eigenvalue weighted by Gasteiger charge is -2.32. The van der Waals surface area contributed by atoms with Crippen molar-refractivity contribution in [2.24, 2.45) is 0 Å². The molecule has 0 saturated carbocycles. The summed E-state index contributed by atoms with van der Waals surface area (Å²) >= 11 is 0. The molecule has 0 radical (unpaired) electrons. The Bertz CT molecular complexity index is 988. The summed E-state index contributed by atoms with van der Waals surface area (Å²) < 4.78 is 50.6. The van der Waals surface area contributed by atoms with E-state index < -0.39 is 41.8 Å². The monoisotopic (exact) mass is 459 g/mol. The fourth-order valence-electron chi connectivity index (χ4n) is 3.22.